The first-order valence-electron chi connectivity index (χ1n) is 6.50. The zero-order chi connectivity index (χ0) is 13.9. The molecule has 1 aliphatic rings. The molecule has 1 aliphatic heterocycles. The molecule has 6 heteroatoms. The van der Waals surface area contributed by atoms with Crippen molar-refractivity contribution in [2.24, 2.45) is 0 Å². The number of aliphatic hydroxyl groups is 1. The highest BCUT2D eigenvalue weighted by Crippen LogP contribution is 2.24. The summed E-state index contributed by atoms with van der Waals surface area (Å²) in [5.74, 6) is 0. The standard InChI is InChI=1S/C14H16N2O3S/c17-12-8-19-7-11(12)16-14(18)15-6-10-5-9-3-1-2-4-13(9)20-10/h1-5,11-12,17H,6-8H2,(H2,15,16,18)/t11-,12+/m0/s1. The zero-order valence-corrected chi connectivity index (χ0v) is 11.7. The second-order valence-electron chi connectivity index (χ2n) is 4.79. The molecule has 0 bridgehead atoms. The van der Waals surface area contributed by atoms with Crippen LogP contribution in [-0.4, -0.2) is 36.5 Å². The van der Waals surface area contributed by atoms with Crippen LogP contribution in [0.25, 0.3) is 10.1 Å². The highest BCUT2D eigenvalue weighted by atomic mass is 32.1. The predicted octanol–water partition coefficient (Wildman–Crippen LogP) is 1.46. The van der Waals surface area contributed by atoms with Gasteiger partial charge in [-0.25, -0.2) is 4.79 Å². The van der Waals surface area contributed by atoms with E-state index >= 15 is 0 Å². The van der Waals surface area contributed by atoms with Crippen molar-refractivity contribution in [3.8, 4) is 0 Å². The number of aliphatic hydroxyl groups excluding tert-OH is 1. The first kappa shape index (κ1) is 13.4. The Labute approximate surface area is 120 Å². The molecule has 3 rings (SSSR count). The molecule has 1 fully saturated rings. The van der Waals surface area contributed by atoms with Gasteiger partial charge in [-0.2, -0.15) is 0 Å². The molecule has 2 aromatic rings. The molecule has 2 atom stereocenters. The van der Waals surface area contributed by atoms with Crippen LogP contribution >= 0.6 is 11.3 Å². The van der Waals surface area contributed by atoms with Crippen molar-refractivity contribution in [2.45, 2.75) is 18.7 Å². The number of benzene rings is 1. The molecule has 2 heterocycles. The Morgan fingerprint density at radius 3 is 3.00 bits per heavy atom. The summed E-state index contributed by atoms with van der Waals surface area (Å²) in [6.45, 7) is 1.12. The van der Waals surface area contributed by atoms with E-state index in [1.807, 2.05) is 12.1 Å². The van der Waals surface area contributed by atoms with Gasteiger partial charge in [0.2, 0.25) is 0 Å². The van der Waals surface area contributed by atoms with Crippen LogP contribution in [0, 0.1) is 0 Å². The van der Waals surface area contributed by atoms with Crippen LogP contribution in [0.15, 0.2) is 30.3 Å². The zero-order valence-electron chi connectivity index (χ0n) is 10.8. The van der Waals surface area contributed by atoms with Crippen LogP contribution in [0.4, 0.5) is 4.79 Å². The normalized spacial score (nSPS) is 22.1. The fraction of sp³-hybridized carbons (Fsp3) is 0.357. The molecular formula is C14H16N2O3S. The Balaban J connectivity index is 1.54. The van der Waals surface area contributed by atoms with Crippen LogP contribution in [0.1, 0.15) is 4.88 Å². The van der Waals surface area contributed by atoms with Crippen LogP contribution < -0.4 is 10.6 Å². The van der Waals surface area contributed by atoms with E-state index in [-0.39, 0.29) is 18.7 Å². The Morgan fingerprint density at radius 1 is 1.40 bits per heavy atom. The van der Waals surface area contributed by atoms with Gasteiger partial charge in [-0.3, -0.25) is 0 Å². The number of ether oxygens (including phenoxy) is 1. The van der Waals surface area contributed by atoms with Crippen molar-refractivity contribution in [1.29, 1.82) is 0 Å². The van der Waals surface area contributed by atoms with Crippen molar-refractivity contribution >= 4 is 27.5 Å². The molecule has 2 amide bonds. The third kappa shape index (κ3) is 2.92. The minimum Gasteiger partial charge on any atom is -0.388 e. The van der Waals surface area contributed by atoms with E-state index in [2.05, 4.69) is 28.8 Å². The summed E-state index contributed by atoms with van der Waals surface area (Å²) in [6, 6.07) is 9.60. The van der Waals surface area contributed by atoms with Crippen LogP contribution in [0.3, 0.4) is 0 Å². The van der Waals surface area contributed by atoms with Crippen molar-refractivity contribution in [3.63, 3.8) is 0 Å². The molecule has 0 aliphatic carbocycles. The summed E-state index contributed by atoms with van der Waals surface area (Å²) in [4.78, 5) is 12.9. The van der Waals surface area contributed by atoms with E-state index < -0.39 is 6.10 Å². The number of hydrogen-bond donors (Lipinski definition) is 3. The minimum absolute atomic E-state index is 0.279. The molecule has 1 saturated heterocycles. The van der Waals surface area contributed by atoms with Crippen molar-refractivity contribution in [3.05, 3.63) is 35.2 Å². The highest BCUT2D eigenvalue weighted by molar-refractivity contribution is 7.19. The maximum absolute atomic E-state index is 11.7. The lowest BCUT2D eigenvalue weighted by molar-refractivity contribution is 0.122. The number of urea groups is 1. The Morgan fingerprint density at radius 2 is 2.25 bits per heavy atom. The molecular weight excluding hydrogens is 276 g/mol. The predicted molar refractivity (Wildman–Crippen MR) is 77.8 cm³/mol. The lowest BCUT2D eigenvalue weighted by Gasteiger charge is -2.14. The lowest BCUT2D eigenvalue weighted by Crippen LogP contribution is -2.46. The fourth-order valence-corrected chi connectivity index (χ4v) is 3.20. The number of amides is 2. The quantitative estimate of drug-likeness (QED) is 0.802. The maximum atomic E-state index is 11.7. The molecule has 5 nitrogen and oxygen atoms in total. The summed E-state index contributed by atoms with van der Waals surface area (Å²) in [5.41, 5.74) is 0. The summed E-state index contributed by atoms with van der Waals surface area (Å²) in [5, 5.41) is 16.3. The van der Waals surface area contributed by atoms with Gasteiger partial charge >= 0.3 is 6.03 Å². The number of thiophene rings is 1. The van der Waals surface area contributed by atoms with Crippen molar-refractivity contribution in [2.75, 3.05) is 13.2 Å². The monoisotopic (exact) mass is 292 g/mol. The molecule has 1 aromatic carbocycles. The third-order valence-corrected chi connectivity index (χ3v) is 4.38. The van der Waals surface area contributed by atoms with Gasteiger partial charge in [0.05, 0.1) is 31.9 Å². The van der Waals surface area contributed by atoms with E-state index in [9.17, 15) is 9.90 Å². The summed E-state index contributed by atoms with van der Waals surface area (Å²) >= 11 is 1.67. The van der Waals surface area contributed by atoms with Gasteiger partial charge < -0.3 is 20.5 Å². The van der Waals surface area contributed by atoms with Gasteiger partial charge in [0.25, 0.3) is 0 Å². The Bertz CT molecular complexity index is 580. The molecule has 0 radical (unpaired) electrons. The van der Waals surface area contributed by atoms with E-state index in [1.165, 1.54) is 10.1 Å². The van der Waals surface area contributed by atoms with Crippen LogP contribution in [0.2, 0.25) is 0 Å². The molecule has 0 spiro atoms. The number of carbonyl (C=O) groups excluding carboxylic acids is 1. The first-order valence-corrected chi connectivity index (χ1v) is 7.31. The minimum atomic E-state index is -0.620. The number of fused-ring (bicyclic) bond motifs is 1. The Hall–Kier alpha value is -1.63. The molecule has 0 unspecified atom stereocenters. The van der Waals surface area contributed by atoms with Crippen LogP contribution in [-0.2, 0) is 11.3 Å². The molecule has 3 N–H and O–H groups in total. The van der Waals surface area contributed by atoms with Gasteiger partial charge in [-0.05, 0) is 17.5 Å². The second kappa shape index (κ2) is 5.78. The highest BCUT2D eigenvalue weighted by Gasteiger charge is 2.27. The first-order chi connectivity index (χ1) is 9.72. The van der Waals surface area contributed by atoms with E-state index in [4.69, 9.17) is 4.74 Å². The van der Waals surface area contributed by atoms with Crippen LogP contribution in [0.5, 0.6) is 0 Å². The average Bonchev–Trinajstić information content (AvgIpc) is 3.03. The van der Waals surface area contributed by atoms with Gasteiger partial charge in [0.1, 0.15) is 0 Å². The molecule has 20 heavy (non-hydrogen) atoms. The third-order valence-electron chi connectivity index (χ3n) is 3.27. The SMILES string of the molecule is O=C(NCc1cc2ccccc2s1)N[C@H]1COC[C@H]1O. The summed E-state index contributed by atoms with van der Waals surface area (Å²) < 4.78 is 6.29. The summed E-state index contributed by atoms with van der Waals surface area (Å²) in [7, 11) is 0. The number of hydrogen-bond acceptors (Lipinski definition) is 4. The lowest BCUT2D eigenvalue weighted by atomic mass is 10.2. The molecule has 106 valence electrons. The average molecular weight is 292 g/mol. The van der Waals surface area contributed by atoms with Crippen molar-refractivity contribution in [1.82, 2.24) is 10.6 Å². The van der Waals surface area contributed by atoms with Gasteiger partial charge in [0.15, 0.2) is 0 Å². The van der Waals surface area contributed by atoms with Gasteiger partial charge in [-0.15, -0.1) is 11.3 Å². The maximum Gasteiger partial charge on any atom is 0.315 e. The van der Waals surface area contributed by atoms with E-state index in [1.54, 1.807) is 11.3 Å². The number of nitrogens with one attached hydrogen (secondary N) is 2. The van der Waals surface area contributed by atoms with Gasteiger partial charge in [0, 0.05) is 9.58 Å². The number of rotatable bonds is 3. The van der Waals surface area contributed by atoms with E-state index in [0.717, 1.165) is 4.88 Å². The Kier molecular flexibility index (Phi) is 3.86. The topological polar surface area (TPSA) is 70.6 Å². The summed E-state index contributed by atoms with van der Waals surface area (Å²) in [6.07, 6.45) is -0.620. The van der Waals surface area contributed by atoms with Crippen molar-refractivity contribution < 1.29 is 14.6 Å². The number of carbonyl (C=O) groups is 1. The second-order valence-corrected chi connectivity index (χ2v) is 5.96. The smallest absolute Gasteiger partial charge is 0.315 e. The van der Waals surface area contributed by atoms with E-state index in [0.29, 0.717) is 13.2 Å². The molecule has 0 saturated carbocycles. The fourth-order valence-electron chi connectivity index (χ4n) is 2.19. The largest absolute Gasteiger partial charge is 0.388 e. The molecule has 1 aromatic heterocycles. The van der Waals surface area contributed by atoms with Gasteiger partial charge in [-0.1, -0.05) is 18.2 Å².